The highest BCUT2D eigenvalue weighted by molar-refractivity contribution is 5.84. The zero-order chi connectivity index (χ0) is 19.4. The number of hydrogen-bond donors (Lipinski definition) is 2. The SMILES string of the molecule is C#CC1(/C(C=C)=C/C(/C=C(\NC)NC(=O)C2CC23CC3)=C(C)C)CC12CC2. The lowest BCUT2D eigenvalue weighted by atomic mass is 9.90. The van der Waals surface area contributed by atoms with Gasteiger partial charge in [0.2, 0.25) is 5.91 Å². The van der Waals surface area contributed by atoms with Crippen LogP contribution in [0.5, 0.6) is 0 Å². The Morgan fingerprint density at radius 2 is 1.93 bits per heavy atom. The first kappa shape index (κ1) is 18.2. The first-order valence-electron chi connectivity index (χ1n) is 10.1. The molecule has 0 aromatic rings. The Morgan fingerprint density at radius 3 is 2.33 bits per heavy atom. The molecule has 3 nitrogen and oxygen atoms in total. The van der Waals surface area contributed by atoms with E-state index in [1.165, 1.54) is 31.3 Å². The molecule has 4 aliphatic rings. The van der Waals surface area contributed by atoms with E-state index in [-0.39, 0.29) is 17.2 Å². The van der Waals surface area contributed by atoms with Crippen LogP contribution in [0.15, 0.2) is 47.3 Å². The van der Waals surface area contributed by atoms with Gasteiger partial charge >= 0.3 is 0 Å². The summed E-state index contributed by atoms with van der Waals surface area (Å²) >= 11 is 0. The summed E-state index contributed by atoms with van der Waals surface area (Å²) in [5.41, 5.74) is 3.95. The summed E-state index contributed by atoms with van der Waals surface area (Å²) in [4.78, 5) is 12.5. The van der Waals surface area contributed by atoms with Crippen LogP contribution in [-0.4, -0.2) is 13.0 Å². The molecule has 0 radical (unpaired) electrons. The summed E-state index contributed by atoms with van der Waals surface area (Å²) in [6.45, 7) is 8.20. The van der Waals surface area contributed by atoms with Crippen molar-refractivity contribution in [3.8, 4) is 12.3 Å². The van der Waals surface area contributed by atoms with E-state index in [1.54, 1.807) is 0 Å². The standard InChI is InChI=1S/C24H30N2O/c1-6-18(24(7-2)15-23(24)10-11-23)12-17(16(3)4)13-20(25-5)26-21(27)19-14-22(19)8-9-22/h2,6,12-13,19,25H,1,8-11,14-15H2,3-5H3,(H,26,27)/b18-12+,20-13+. The van der Waals surface area contributed by atoms with Crippen LogP contribution in [0.25, 0.3) is 0 Å². The maximum Gasteiger partial charge on any atom is 0.229 e. The summed E-state index contributed by atoms with van der Waals surface area (Å²) in [5, 5.41) is 6.22. The third-order valence-electron chi connectivity index (χ3n) is 7.31. The molecule has 0 aromatic carbocycles. The molecule has 0 heterocycles. The number of terminal acetylenes is 1. The predicted octanol–water partition coefficient (Wildman–Crippen LogP) is 4.22. The van der Waals surface area contributed by atoms with Crippen molar-refractivity contribution < 1.29 is 4.79 Å². The van der Waals surface area contributed by atoms with Gasteiger partial charge in [0.15, 0.2) is 0 Å². The zero-order valence-electron chi connectivity index (χ0n) is 16.7. The summed E-state index contributed by atoms with van der Waals surface area (Å²) in [6.07, 6.45) is 19.0. The lowest BCUT2D eigenvalue weighted by Gasteiger charge is -2.14. The molecule has 2 atom stereocenters. The summed E-state index contributed by atoms with van der Waals surface area (Å²) in [7, 11) is 1.84. The normalized spacial score (nSPS) is 31.0. The van der Waals surface area contributed by atoms with Gasteiger partial charge < -0.3 is 10.6 Å². The first-order chi connectivity index (χ1) is 12.9. The molecule has 2 N–H and O–H groups in total. The van der Waals surface area contributed by atoms with Crippen molar-refractivity contribution >= 4 is 5.91 Å². The van der Waals surface area contributed by atoms with Gasteiger partial charge in [-0.05, 0) is 80.4 Å². The van der Waals surface area contributed by atoms with E-state index in [4.69, 9.17) is 6.42 Å². The first-order valence-corrected chi connectivity index (χ1v) is 10.1. The Kier molecular flexibility index (Phi) is 3.97. The van der Waals surface area contributed by atoms with Crippen LogP contribution in [0.1, 0.15) is 52.4 Å². The number of amides is 1. The van der Waals surface area contributed by atoms with Crippen molar-refractivity contribution in [1.29, 1.82) is 0 Å². The number of carbonyl (C=O) groups is 1. The Morgan fingerprint density at radius 1 is 1.22 bits per heavy atom. The molecule has 142 valence electrons. The summed E-state index contributed by atoms with van der Waals surface area (Å²) in [6, 6.07) is 0. The molecule has 1 amide bonds. The molecule has 27 heavy (non-hydrogen) atoms. The number of allylic oxidation sites excluding steroid dienone is 6. The van der Waals surface area contributed by atoms with E-state index in [2.05, 4.69) is 43.1 Å². The molecule has 0 bridgehead atoms. The van der Waals surface area contributed by atoms with Crippen molar-refractivity contribution in [1.82, 2.24) is 10.6 Å². The lowest BCUT2D eigenvalue weighted by Crippen LogP contribution is -2.31. The molecule has 0 aromatic heterocycles. The highest BCUT2D eigenvalue weighted by Gasteiger charge is 2.74. The minimum Gasteiger partial charge on any atom is -0.375 e. The topological polar surface area (TPSA) is 41.1 Å². The molecule has 0 saturated heterocycles. The zero-order valence-corrected chi connectivity index (χ0v) is 16.7. The quantitative estimate of drug-likeness (QED) is 0.526. The van der Waals surface area contributed by atoms with Crippen molar-refractivity contribution in [2.45, 2.75) is 52.4 Å². The highest BCUT2D eigenvalue weighted by atomic mass is 16.2. The fourth-order valence-electron chi connectivity index (χ4n) is 4.75. The average molecular weight is 363 g/mol. The van der Waals surface area contributed by atoms with E-state index in [0.29, 0.717) is 10.8 Å². The van der Waals surface area contributed by atoms with E-state index in [9.17, 15) is 4.79 Å². The third-order valence-corrected chi connectivity index (χ3v) is 7.31. The molecule has 0 aliphatic heterocycles. The van der Waals surface area contributed by atoms with Crippen molar-refractivity contribution in [3.63, 3.8) is 0 Å². The third kappa shape index (κ3) is 2.87. The van der Waals surface area contributed by atoms with Gasteiger partial charge in [-0.15, -0.1) is 6.42 Å². The van der Waals surface area contributed by atoms with Crippen LogP contribution in [-0.2, 0) is 4.79 Å². The smallest absolute Gasteiger partial charge is 0.229 e. The Balaban J connectivity index is 1.55. The summed E-state index contributed by atoms with van der Waals surface area (Å²) < 4.78 is 0. The van der Waals surface area contributed by atoms with Crippen molar-refractivity contribution in [3.05, 3.63) is 47.3 Å². The van der Waals surface area contributed by atoms with Crippen molar-refractivity contribution in [2.24, 2.45) is 22.2 Å². The van der Waals surface area contributed by atoms with E-state index < -0.39 is 0 Å². The second kappa shape index (κ2) is 5.89. The monoisotopic (exact) mass is 362 g/mol. The van der Waals surface area contributed by atoms with E-state index in [0.717, 1.165) is 29.8 Å². The molecule has 2 unspecified atom stereocenters. The number of rotatable bonds is 7. The fraction of sp³-hybridized carbons (Fsp3) is 0.542. The molecule has 4 aliphatic carbocycles. The van der Waals surface area contributed by atoms with Gasteiger partial charge in [-0.1, -0.05) is 30.2 Å². The molecule has 2 spiro atoms. The average Bonchev–Trinajstić information content (AvgIpc) is 3.52. The molecule has 4 saturated carbocycles. The van der Waals surface area contributed by atoms with E-state index in [1.807, 2.05) is 19.2 Å². The van der Waals surface area contributed by atoms with Gasteiger partial charge in [-0.2, -0.15) is 0 Å². The Bertz CT molecular complexity index is 838. The predicted molar refractivity (Wildman–Crippen MR) is 109 cm³/mol. The van der Waals surface area contributed by atoms with Crippen LogP contribution in [0.2, 0.25) is 0 Å². The minimum absolute atomic E-state index is 0.140. The second-order valence-electron chi connectivity index (χ2n) is 9.18. The fourth-order valence-corrected chi connectivity index (χ4v) is 4.75. The van der Waals surface area contributed by atoms with Gasteiger partial charge in [-0.3, -0.25) is 4.79 Å². The van der Waals surface area contributed by atoms with Gasteiger partial charge in [0, 0.05) is 13.0 Å². The highest BCUT2D eigenvalue weighted by Crippen LogP contribution is 2.81. The van der Waals surface area contributed by atoms with Crippen LogP contribution in [0, 0.1) is 34.5 Å². The van der Waals surface area contributed by atoms with Crippen LogP contribution >= 0.6 is 0 Å². The van der Waals surface area contributed by atoms with E-state index >= 15 is 0 Å². The number of hydrogen-bond acceptors (Lipinski definition) is 2. The van der Waals surface area contributed by atoms with Crippen LogP contribution < -0.4 is 10.6 Å². The van der Waals surface area contributed by atoms with Crippen LogP contribution in [0.4, 0.5) is 0 Å². The summed E-state index contributed by atoms with van der Waals surface area (Å²) in [5.74, 6) is 4.16. The van der Waals surface area contributed by atoms with Crippen LogP contribution in [0.3, 0.4) is 0 Å². The maximum absolute atomic E-state index is 12.5. The maximum atomic E-state index is 12.5. The Labute approximate surface area is 163 Å². The number of nitrogens with one attached hydrogen (secondary N) is 2. The molecular formula is C24H30N2O. The minimum atomic E-state index is -0.140. The molecule has 4 fully saturated rings. The molecule has 3 heteroatoms. The molecular weight excluding hydrogens is 332 g/mol. The largest absolute Gasteiger partial charge is 0.375 e. The Hall–Kier alpha value is -2.21. The van der Waals surface area contributed by atoms with Gasteiger partial charge in [-0.25, -0.2) is 0 Å². The lowest BCUT2D eigenvalue weighted by molar-refractivity contribution is -0.122. The van der Waals surface area contributed by atoms with Gasteiger partial charge in [0.05, 0.1) is 5.41 Å². The number of carbonyl (C=O) groups excluding carboxylic acids is 1. The van der Waals surface area contributed by atoms with Crippen molar-refractivity contribution in [2.75, 3.05) is 7.05 Å². The second-order valence-corrected chi connectivity index (χ2v) is 9.18. The molecule has 4 rings (SSSR count). The van der Waals surface area contributed by atoms with Gasteiger partial charge in [0.1, 0.15) is 5.82 Å². The van der Waals surface area contributed by atoms with Gasteiger partial charge in [0.25, 0.3) is 0 Å².